The SMILES string of the molecule is CCCCCCCCCCCCCCCCCCCCCCCC(=O)OCCCCCCCCCCCCCCCCCCCC. The van der Waals surface area contributed by atoms with Gasteiger partial charge in [-0.3, -0.25) is 4.79 Å². The van der Waals surface area contributed by atoms with E-state index in [4.69, 9.17) is 4.74 Å². The average Bonchev–Trinajstić information content (AvgIpc) is 3.06. The lowest BCUT2D eigenvalue weighted by atomic mass is 10.0. The highest BCUT2D eigenvalue weighted by Gasteiger charge is 2.03. The summed E-state index contributed by atoms with van der Waals surface area (Å²) in [6.07, 6.45) is 54.9. The zero-order valence-corrected chi connectivity index (χ0v) is 32.3. The fourth-order valence-corrected chi connectivity index (χ4v) is 6.96. The molecular weight excluding hydrogens is 560 g/mol. The molecule has 0 fully saturated rings. The Hall–Kier alpha value is -0.530. The first-order valence-corrected chi connectivity index (χ1v) is 22.0. The number of rotatable bonds is 41. The largest absolute Gasteiger partial charge is 0.466 e. The maximum absolute atomic E-state index is 12.0. The molecule has 276 valence electrons. The number of hydrogen-bond donors (Lipinski definition) is 0. The van der Waals surface area contributed by atoms with Gasteiger partial charge in [-0.25, -0.2) is 0 Å². The van der Waals surface area contributed by atoms with Crippen LogP contribution in [0.3, 0.4) is 0 Å². The van der Waals surface area contributed by atoms with Gasteiger partial charge < -0.3 is 4.74 Å². The lowest BCUT2D eigenvalue weighted by molar-refractivity contribution is -0.143. The van der Waals surface area contributed by atoms with E-state index >= 15 is 0 Å². The van der Waals surface area contributed by atoms with E-state index in [9.17, 15) is 4.79 Å². The minimum atomic E-state index is 0.0322. The molecule has 0 aromatic rings. The van der Waals surface area contributed by atoms with Crippen LogP contribution in [0.15, 0.2) is 0 Å². The Kier molecular flexibility index (Phi) is 42.0. The van der Waals surface area contributed by atoms with E-state index in [0.29, 0.717) is 13.0 Å². The summed E-state index contributed by atoms with van der Waals surface area (Å²) in [6.45, 7) is 5.23. The molecule has 0 heterocycles. The van der Waals surface area contributed by atoms with Gasteiger partial charge in [-0.05, 0) is 12.8 Å². The molecule has 2 nitrogen and oxygen atoms in total. The van der Waals surface area contributed by atoms with Crippen LogP contribution in [0.2, 0.25) is 0 Å². The quantitative estimate of drug-likeness (QED) is 0.0487. The Balaban J connectivity index is 3.14. The van der Waals surface area contributed by atoms with E-state index in [2.05, 4.69) is 13.8 Å². The molecule has 0 saturated carbocycles. The van der Waals surface area contributed by atoms with Crippen molar-refractivity contribution in [3.8, 4) is 0 Å². The molecule has 2 heteroatoms. The minimum Gasteiger partial charge on any atom is -0.466 e. The predicted octanol–water partition coefficient (Wildman–Crippen LogP) is 16.2. The zero-order valence-electron chi connectivity index (χ0n) is 32.3. The predicted molar refractivity (Wildman–Crippen MR) is 207 cm³/mol. The highest BCUT2D eigenvalue weighted by atomic mass is 16.5. The second-order valence-corrected chi connectivity index (χ2v) is 15.1. The highest BCUT2D eigenvalue weighted by molar-refractivity contribution is 5.69. The first-order chi connectivity index (χ1) is 22.8. The van der Waals surface area contributed by atoms with Gasteiger partial charge in [0.05, 0.1) is 6.61 Å². The van der Waals surface area contributed by atoms with E-state index in [0.717, 1.165) is 12.8 Å². The van der Waals surface area contributed by atoms with Crippen molar-refractivity contribution in [2.45, 2.75) is 271 Å². The van der Waals surface area contributed by atoms with Crippen LogP contribution in [-0.2, 0) is 9.53 Å². The molecule has 0 radical (unpaired) electrons. The molecule has 0 amide bonds. The molecule has 0 aromatic carbocycles. The molecule has 0 rings (SSSR count). The summed E-state index contributed by atoms with van der Waals surface area (Å²) in [6, 6.07) is 0. The van der Waals surface area contributed by atoms with Crippen molar-refractivity contribution < 1.29 is 9.53 Å². The van der Waals surface area contributed by atoms with Crippen LogP contribution in [-0.4, -0.2) is 12.6 Å². The van der Waals surface area contributed by atoms with Gasteiger partial charge in [0, 0.05) is 6.42 Å². The Morgan fingerprint density at radius 3 is 0.717 bits per heavy atom. The summed E-state index contributed by atoms with van der Waals surface area (Å²) in [4.78, 5) is 12.0. The summed E-state index contributed by atoms with van der Waals surface area (Å²) >= 11 is 0. The van der Waals surface area contributed by atoms with Crippen LogP contribution in [0.1, 0.15) is 271 Å². The third kappa shape index (κ3) is 41.5. The summed E-state index contributed by atoms with van der Waals surface area (Å²) in [5.74, 6) is 0.0322. The van der Waals surface area contributed by atoms with Gasteiger partial charge in [0.15, 0.2) is 0 Å². The summed E-state index contributed by atoms with van der Waals surface area (Å²) in [5, 5.41) is 0. The van der Waals surface area contributed by atoms with E-state index in [-0.39, 0.29) is 5.97 Å². The van der Waals surface area contributed by atoms with Gasteiger partial charge >= 0.3 is 5.97 Å². The molecule has 0 saturated heterocycles. The number of ether oxygens (including phenoxy) is 1. The van der Waals surface area contributed by atoms with E-state index in [1.165, 1.54) is 238 Å². The maximum Gasteiger partial charge on any atom is 0.305 e. The van der Waals surface area contributed by atoms with Crippen LogP contribution >= 0.6 is 0 Å². The van der Waals surface area contributed by atoms with Crippen LogP contribution in [0.25, 0.3) is 0 Å². The molecule has 0 aliphatic heterocycles. The number of unbranched alkanes of at least 4 members (excludes halogenated alkanes) is 37. The number of hydrogen-bond acceptors (Lipinski definition) is 2. The van der Waals surface area contributed by atoms with Crippen LogP contribution < -0.4 is 0 Å². The van der Waals surface area contributed by atoms with E-state index < -0.39 is 0 Å². The Morgan fingerprint density at radius 1 is 0.283 bits per heavy atom. The standard InChI is InChI=1S/C44H88O2/c1-3-5-7-9-11-13-15-17-19-21-23-24-25-26-28-30-32-34-36-38-40-42-44(45)46-43-41-39-37-35-33-31-29-27-22-20-18-16-14-12-10-8-6-4-2/h3-43H2,1-2H3. The molecule has 0 aromatic heterocycles. The topological polar surface area (TPSA) is 26.3 Å². The lowest BCUT2D eigenvalue weighted by Crippen LogP contribution is -2.05. The highest BCUT2D eigenvalue weighted by Crippen LogP contribution is 2.17. The van der Waals surface area contributed by atoms with Gasteiger partial charge in [0.2, 0.25) is 0 Å². The Morgan fingerprint density at radius 2 is 0.478 bits per heavy atom. The smallest absolute Gasteiger partial charge is 0.305 e. The van der Waals surface area contributed by atoms with Gasteiger partial charge in [-0.2, -0.15) is 0 Å². The molecule has 0 bridgehead atoms. The fourth-order valence-electron chi connectivity index (χ4n) is 6.96. The van der Waals surface area contributed by atoms with Crippen LogP contribution in [0.5, 0.6) is 0 Å². The number of esters is 1. The summed E-state index contributed by atoms with van der Waals surface area (Å²) < 4.78 is 5.48. The first kappa shape index (κ1) is 45.5. The Labute approximate surface area is 292 Å². The molecule has 0 atom stereocenters. The van der Waals surface area contributed by atoms with Crippen molar-refractivity contribution in [2.24, 2.45) is 0 Å². The van der Waals surface area contributed by atoms with Crippen molar-refractivity contribution in [1.82, 2.24) is 0 Å². The van der Waals surface area contributed by atoms with Gasteiger partial charge in [-0.1, -0.05) is 251 Å². The third-order valence-electron chi connectivity index (χ3n) is 10.2. The van der Waals surface area contributed by atoms with Crippen molar-refractivity contribution in [1.29, 1.82) is 0 Å². The number of carbonyl (C=O) groups is 1. The maximum atomic E-state index is 12.0. The van der Waals surface area contributed by atoms with Crippen molar-refractivity contribution in [3.63, 3.8) is 0 Å². The van der Waals surface area contributed by atoms with Gasteiger partial charge in [-0.15, -0.1) is 0 Å². The van der Waals surface area contributed by atoms with Crippen molar-refractivity contribution >= 4 is 5.97 Å². The first-order valence-electron chi connectivity index (χ1n) is 22.0. The average molecular weight is 649 g/mol. The van der Waals surface area contributed by atoms with E-state index in [1.54, 1.807) is 0 Å². The molecule has 0 unspecified atom stereocenters. The molecule has 0 aliphatic rings. The third-order valence-corrected chi connectivity index (χ3v) is 10.2. The second-order valence-electron chi connectivity index (χ2n) is 15.1. The fraction of sp³-hybridized carbons (Fsp3) is 0.977. The molecular formula is C44H88O2. The van der Waals surface area contributed by atoms with Crippen molar-refractivity contribution in [3.05, 3.63) is 0 Å². The molecule has 0 aliphatic carbocycles. The molecule has 0 N–H and O–H groups in total. The van der Waals surface area contributed by atoms with Gasteiger partial charge in [0.25, 0.3) is 0 Å². The minimum absolute atomic E-state index is 0.0322. The van der Waals surface area contributed by atoms with Crippen molar-refractivity contribution in [2.75, 3.05) is 6.61 Å². The van der Waals surface area contributed by atoms with E-state index in [1.807, 2.05) is 0 Å². The Bertz CT molecular complexity index is 544. The summed E-state index contributed by atoms with van der Waals surface area (Å²) in [7, 11) is 0. The monoisotopic (exact) mass is 649 g/mol. The van der Waals surface area contributed by atoms with Crippen LogP contribution in [0, 0.1) is 0 Å². The zero-order chi connectivity index (χ0) is 33.3. The lowest BCUT2D eigenvalue weighted by Gasteiger charge is -2.06. The van der Waals surface area contributed by atoms with Gasteiger partial charge in [0.1, 0.15) is 0 Å². The normalized spacial score (nSPS) is 11.4. The second kappa shape index (κ2) is 42.5. The van der Waals surface area contributed by atoms with Crippen LogP contribution in [0.4, 0.5) is 0 Å². The summed E-state index contributed by atoms with van der Waals surface area (Å²) in [5.41, 5.74) is 0. The molecule has 0 spiro atoms. The molecule has 46 heavy (non-hydrogen) atoms. The number of carbonyl (C=O) groups excluding carboxylic acids is 1.